The van der Waals surface area contributed by atoms with Crippen LogP contribution in [0.15, 0.2) is 0 Å². The molecule has 0 unspecified atom stereocenters. The molecule has 0 spiro atoms. The van der Waals surface area contributed by atoms with Gasteiger partial charge < -0.3 is 67.7 Å². The van der Waals surface area contributed by atoms with E-state index < -0.39 is 0 Å². The number of hydrogen-bond donors (Lipinski definition) is 0. The molecule has 0 N–H and O–H groups in total. The van der Waals surface area contributed by atoms with E-state index in [4.69, 9.17) is 0 Å². The number of hydrogen-bond acceptors (Lipinski definition) is 0. The molecule has 0 fully saturated rings. The van der Waals surface area contributed by atoms with Crippen LogP contribution in [-0.4, -0.2) is 0 Å². The Hall–Kier alpha value is 3.38. The monoisotopic (exact) mass is 601 g/mol. The van der Waals surface area contributed by atoms with Gasteiger partial charge in [-0.1, -0.05) is 0 Å². The Morgan fingerprint density at radius 1 is 0.176 bits per heavy atom. The fourth-order valence-corrected chi connectivity index (χ4v) is 0. The fourth-order valence-electron chi connectivity index (χ4n) is 0. The normalized spacial score (nSPS) is 0. The quantitative estimate of drug-likeness (QED) is 0.364. The van der Waals surface area contributed by atoms with Crippen LogP contribution in [0.4, 0.5) is 0 Å². The van der Waals surface area contributed by atoms with Crippen molar-refractivity contribution in [2.75, 3.05) is 0 Å². The minimum absolute atomic E-state index is 0. The summed E-state index contributed by atoms with van der Waals surface area (Å²) in [6, 6.07) is 0. The van der Waals surface area contributed by atoms with Gasteiger partial charge in [0.25, 0.3) is 0 Å². The topological polar surface area (TPSA) is 336 Å². The molecule has 0 aromatic heterocycles. The second kappa shape index (κ2) is 574. The van der Waals surface area contributed by atoms with E-state index in [0.717, 1.165) is 0 Å². The minimum atomic E-state index is 0. The Kier molecular flexibility index (Phi) is 22600. The van der Waals surface area contributed by atoms with Crippen LogP contribution < -0.4 is 0 Å². The van der Waals surface area contributed by atoms with Crippen molar-refractivity contribution in [2.45, 2.75) is 0 Å². The summed E-state index contributed by atoms with van der Waals surface area (Å²) in [4.78, 5) is 0. The summed E-state index contributed by atoms with van der Waals surface area (Å²) in [5.74, 6) is 0. The molecular formula is Mo3N11V3. The largest absolute Gasteiger partial charge is 6.00 e. The second-order valence-corrected chi connectivity index (χ2v) is 0. The summed E-state index contributed by atoms with van der Waals surface area (Å²) in [6.45, 7) is 0. The van der Waals surface area contributed by atoms with Gasteiger partial charge in [-0.05, 0) is 0 Å². The van der Waals surface area contributed by atoms with E-state index >= 15 is 0 Å². The van der Waals surface area contributed by atoms with Crippen molar-refractivity contribution in [1.29, 1.82) is 0 Å². The SMILES string of the molecule is [Mo+6].[Mo+6].[Mo+6].[N-3].[N-3].[N-3].[N-3].[N-3].[N-3].[N-3].[N-3].[N-3].[N-3].[N-3].[V+5].[V+5].[V+5]. The summed E-state index contributed by atoms with van der Waals surface area (Å²) in [6.07, 6.45) is 0. The van der Waals surface area contributed by atoms with Gasteiger partial charge in [0.15, 0.2) is 0 Å². The van der Waals surface area contributed by atoms with Gasteiger partial charge in [-0.2, -0.15) is 0 Å². The third kappa shape index (κ3) is 513. The third-order valence-corrected chi connectivity index (χ3v) is 0. The molecule has 0 aliphatic carbocycles. The first-order valence-corrected chi connectivity index (χ1v) is 0. The molecule has 0 atom stereocenters. The molecule has 0 aromatic carbocycles. The van der Waals surface area contributed by atoms with Crippen LogP contribution >= 0.6 is 0 Å². The first-order chi connectivity index (χ1) is 0. The van der Waals surface area contributed by atoms with Gasteiger partial charge in [-0.3, -0.25) is 0 Å². The Labute approximate surface area is 184 Å². The fraction of sp³-hybridized carbons (Fsp3) is 0. The molecule has 0 heterocycles. The Morgan fingerprint density at radius 2 is 0.176 bits per heavy atom. The van der Waals surface area contributed by atoms with Gasteiger partial charge in [0.1, 0.15) is 0 Å². The molecule has 17 heavy (non-hydrogen) atoms. The average Bonchev–Trinajstić information content (AvgIpc) is 0. The molecule has 0 bridgehead atoms. The van der Waals surface area contributed by atoms with Crippen molar-refractivity contribution in [3.63, 3.8) is 0 Å². The van der Waals surface area contributed by atoms with Crippen LogP contribution in [0.2, 0.25) is 0 Å². The van der Waals surface area contributed by atoms with Gasteiger partial charge in [-0.25, -0.2) is 0 Å². The van der Waals surface area contributed by atoms with Gasteiger partial charge in [-0.15, -0.1) is 0 Å². The van der Waals surface area contributed by atoms with E-state index in [0.29, 0.717) is 0 Å². The Bertz CT molecular complexity index is 21.9. The number of nitrogens with zero attached hydrogens (tertiary/aromatic N) is 11. The van der Waals surface area contributed by atoms with Crippen molar-refractivity contribution in [3.05, 3.63) is 67.7 Å². The standard InChI is InChI=1S/3Mo.11N.3V/q3*+6;11*-3;3*+5. The molecule has 0 saturated heterocycles. The maximum absolute atomic E-state index is 0. The minimum Gasteiger partial charge on any atom is -3.00 e. The molecule has 0 aliphatic rings. The van der Waals surface area contributed by atoms with Gasteiger partial charge in [0.05, 0.1) is 0 Å². The third-order valence-electron chi connectivity index (χ3n) is 0. The molecule has 0 aromatic rings. The van der Waals surface area contributed by atoms with Crippen LogP contribution in [0, 0.1) is 0 Å². The van der Waals surface area contributed by atoms with Crippen molar-refractivity contribution in [2.24, 2.45) is 0 Å². The molecule has 0 radical (unpaired) electrons. The van der Waals surface area contributed by atoms with E-state index in [1.165, 1.54) is 0 Å². The molecule has 88 valence electrons. The summed E-state index contributed by atoms with van der Waals surface area (Å²) >= 11 is 0. The zero-order chi connectivity index (χ0) is 0. The summed E-state index contributed by atoms with van der Waals surface area (Å²) in [5.41, 5.74) is 0. The van der Waals surface area contributed by atoms with Crippen LogP contribution in [0.3, 0.4) is 0 Å². The number of rotatable bonds is 0. The molecule has 17 heteroatoms. The Morgan fingerprint density at radius 3 is 0.176 bits per heavy atom. The summed E-state index contributed by atoms with van der Waals surface area (Å²) < 4.78 is 0. The molecular weight excluding hydrogens is 595 g/mol. The molecule has 0 saturated carbocycles. The van der Waals surface area contributed by atoms with E-state index in [1.54, 1.807) is 0 Å². The zero-order valence-electron chi connectivity index (χ0n) is 7.49. The van der Waals surface area contributed by atoms with Crippen molar-refractivity contribution < 1.29 is 119 Å². The Balaban J connectivity index is 0. The predicted molar refractivity (Wildman–Crippen MR) is 36.9 cm³/mol. The van der Waals surface area contributed by atoms with Crippen LogP contribution in [0.5, 0.6) is 0 Å². The van der Waals surface area contributed by atoms with Gasteiger partial charge in [0.2, 0.25) is 0 Å². The van der Waals surface area contributed by atoms with Gasteiger partial charge in [0, 0.05) is 0 Å². The summed E-state index contributed by atoms with van der Waals surface area (Å²) in [5, 5.41) is 0. The van der Waals surface area contributed by atoms with Crippen molar-refractivity contribution in [3.8, 4) is 0 Å². The molecule has 0 amide bonds. The van der Waals surface area contributed by atoms with Crippen molar-refractivity contribution in [1.82, 2.24) is 0 Å². The first-order valence-electron chi connectivity index (χ1n) is 0. The van der Waals surface area contributed by atoms with E-state index in [9.17, 15) is 0 Å². The van der Waals surface area contributed by atoms with E-state index in [1.807, 2.05) is 0 Å². The van der Waals surface area contributed by atoms with Crippen LogP contribution in [0.1, 0.15) is 0 Å². The predicted octanol–water partition coefficient (Wildman–Crippen LogP) is 3.16. The maximum atomic E-state index is 0. The van der Waals surface area contributed by atoms with Crippen molar-refractivity contribution >= 4 is 0 Å². The zero-order valence-corrected chi connectivity index (χ0v) is 17.7. The second-order valence-electron chi connectivity index (χ2n) is 0. The maximum Gasteiger partial charge on any atom is 6.00 e. The van der Waals surface area contributed by atoms with E-state index in [-0.39, 0.29) is 187 Å². The van der Waals surface area contributed by atoms with Gasteiger partial charge >= 0.3 is 119 Å². The molecule has 0 rings (SSSR count). The van der Waals surface area contributed by atoms with Crippen LogP contribution in [0.25, 0.3) is 67.7 Å². The van der Waals surface area contributed by atoms with E-state index in [2.05, 4.69) is 0 Å². The molecule has 0 aliphatic heterocycles. The smallest absolute Gasteiger partial charge is 3.00 e. The average molecular weight is 595 g/mol. The van der Waals surface area contributed by atoms with Crippen LogP contribution in [-0.2, 0) is 119 Å². The molecule has 11 nitrogen and oxygen atoms in total. The first kappa shape index (κ1) is 671. The summed E-state index contributed by atoms with van der Waals surface area (Å²) in [7, 11) is 0.